The number of nitrogens with two attached hydrogens (primary N) is 1. The standard InChI is InChI=1S/C14H17N3O3/c1-9-6-12(20-17-9)8-16-14(19)13(15)7-10-2-4-11(18)5-3-10/h2-6,13,18H,7-8,15H2,1H3,(H,16,19). The first-order chi connectivity index (χ1) is 9.54. The average molecular weight is 275 g/mol. The molecule has 6 heteroatoms. The quantitative estimate of drug-likeness (QED) is 0.751. The number of carbonyl (C=O) groups is 1. The molecule has 1 atom stereocenters. The summed E-state index contributed by atoms with van der Waals surface area (Å²) in [5.41, 5.74) is 7.49. The van der Waals surface area contributed by atoms with Crippen LogP contribution in [0.15, 0.2) is 34.9 Å². The molecule has 1 aromatic heterocycles. The molecular weight excluding hydrogens is 258 g/mol. The Hall–Kier alpha value is -2.34. The largest absolute Gasteiger partial charge is 0.508 e. The highest BCUT2D eigenvalue weighted by Gasteiger charge is 2.14. The van der Waals surface area contributed by atoms with Gasteiger partial charge in [0.05, 0.1) is 18.3 Å². The van der Waals surface area contributed by atoms with Gasteiger partial charge in [-0.25, -0.2) is 0 Å². The van der Waals surface area contributed by atoms with Crippen LogP contribution in [-0.2, 0) is 17.8 Å². The summed E-state index contributed by atoms with van der Waals surface area (Å²) in [5.74, 6) is 0.521. The number of hydrogen-bond donors (Lipinski definition) is 3. The van der Waals surface area contributed by atoms with E-state index in [0.29, 0.717) is 12.2 Å². The average Bonchev–Trinajstić information content (AvgIpc) is 2.84. The van der Waals surface area contributed by atoms with Crippen LogP contribution < -0.4 is 11.1 Å². The van der Waals surface area contributed by atoms with Crippen LogP contribution >= 0.6 is 0 Å². The van der Waals surface area contributed by atoms with E-state index < -0.39 is 6.04 Å². The normalized spacial score (nSPS) is 12.1. The second-order valence-corrected chi connectivity index (χ2v) is 4.63. The van der Waals surface area contributed by atoms with Gasteiger partial charge in [-0.05, 0) is 31.0 Å². The van der Waals surface area contributed by atoms with Crippen LogP contribution in [0.25, 0.3) is 0 Å². The van der Waals surface area contributed by atoms with E-state index in [1.165, 1.54) is 0 Å². The highest BCUT2D eigenvalue weighted by Crippen LogP contribution is 2.11. The molecule has 0 bridgehead atoms. The lowest BCUT2D eigenvalue weighted by atomic mass is 10.1. The topological polar surface area (TPSA) is 101 Å². The molecule has 2 rings (SSSR count). The summed E-state index contributed by atoms with van der Waals surface area (Å²) in [7, 11) is 0. The maximum Gasteiger partial charge on any atom is 0.237 e. The first-order valence-electron chi connectivity index (χ1n) is 6.28. The van der Waals surface area contributed by atoms with Crippen molar-refractivity contribution < 1.29 is 14.4 Å². The van der Waals surface area contributed by atoms with Crippen molar-refractivity contribution in [3.63, 3.8) is 0 Å². The lowest BCUT2D eigenvalue weighted by Gasteiger charge is -2.11. The van der Waals surface area contributed by atoms with Crippen LogP contribution in [0.3, 0.4) is 0 Å². The SMILES string of the molecule is Cc1cc(CNC(=O)C(N)Cc2ccc(O)cc2)on1. The Morgan fingerprint density at radius 3 is 2.75 bits per heavy atom. The fourth-order valence-corrected chi connectivity index (χ4v) is 1.78. The second kappa shape index (κ2) is 6.21. The van der Waals surface area contributed by atoms with Crippen LogP contribution in [0.2, 0.25) is 0 Å². The number of phenolic OH excluding ortho intramolecular Hbond substituents is 1. The first kappa shape index (κ1) is 14.1. The molecule has 1 amide bonds. The Kier molecular flexibility index (Phi) is 4.37. The fourth-order valence-electron chi connectivity index (χ4n) is 1.78. The predicted octanol–water partition coefficient (Wildman–Crippen LogP) is 0.875. The van der Waals surface area contributed by atoms with Crippen molar-refractivity contribution in [1.29, 1.82) is 0 Å². The molecule has 6 nitrogen and oxygen atoms in total. The number of nitrogens with one attached hydrogen (secondary N) is 1. The number of aryl methyl sites for hydroxylation is 1. The smallest absolute Gasteiger partial charge is 0.237 e. The van der Waals surface area contributed by atoms with Gasteiger partial charge in [-0.3, -0.25) is 4.79 Å². The van der Waals surface area contributed by atoms with E-state index in [2.05, 4.69) is 10.5 Å². The summed E-state index contributed by atoms with van der Waals surface area (Å²) in [6.45, 7) is 2.08. The van der Waals surface area contributed by atoms with Gasteiger partial charge in [0, 0.05) is 6.07 Å². The predicted molar refractivity (Wildman–Crippen MR) is 72.9 cm³/mol. The van der Waals surface area contributed by atoms with Gasteiger partial charge < -0.3 is 20.7 Å². The second-order valence-electron chi connectivity index (χ2n) is 4.63. The number of benzene rings is 1. The van der Waals surface area contributed by atoms with Crippen molar-refractivity contribution in [1.82, 2.24) is 10.5 Å². The van der Waals surface area contributed by atoms with Crippen molar-refractivity contribution in [2.75, 3.05) is 0 Å². The van der Waals surface area contributed by atoms with Crippen molar-refractivity contribution in [3.8, 4) is 5.75 Å². The Bertz CT molecular complexity index is 578. The number of hydrogen-bond acceptors (Lipinski definition) is 5. The number of phenols is 1. The van der Waals surface area contributed by atoms with Crippen molar-refractivity contribution in [3.05, 3.63) is 47.3 Å². The molecule has 20 heavy (non-hydrogen) atoms. The number of rotatable bonds is 5. The summed E-state index contributed by atoms with van der Waals surface area (Å²) in [6, 6.07) is 7.72. The molecule has 0 spiro atoms. The molecule has 1 aromatic carbocycles. The van der Waals surface area contributed by atoms with E-state index in [-0.39, 0.29) is 18.2 Å². The van der Waals surface area contributed by atoms with E-state index in [0.717, 1.165) is 11.3 Å². The molecule has 0 aliphatic heterocycles. The molecule has 0 aliphatic rings. The molecule has 0 saturated heterocycles. The number of amides is 1. The van der Waals surface area contributed by atoms with Gasteiger partial charge in [0.1, 0.15) is 5.75 Å². The zero-order chi connectivity index (χ0) is 14.5. The maximum absolute atomic E-state index is 11.8. The third-order valence-electron chi connectivity index (χ3n) is 2.84. The molecule has 1 unspecified atom stereocenters. The Labute approximate surface area is 116 Å². The summed E-state index contributed by atoms with van der Waals surface area (Å²) in [4.78, 5) is 11.8. The number of carbonyl (C=O) groups excluding carboxylic acids is 1. The van der Waals surface area contributed by atoms with Crippen molar-refractivity contribution in [2.24, 2.45) is 5.73 Å². The van der Waals surface area contributed by atoms with E-state index in [4.69, 9.17) is 10.3 Å². The Morgan fingerprint density at radius 1 is 1.45 bits per heavy atom. The zero-order valence-electron chi connectivity index (χ0n) is 11.2. The number of nitrogens with zero attached hydrogens (tertiary/aromatic N) is 1. The van der Waals surface area contributed by atoms with Crippen LogP contribution in [0.1, 0.15) is 17.0 Å². The van der Waals surface area contributed by atoms with Crippen molar-refractivity contribution in [2.45, 2.75) is 25.9 Å². The Morgan fingerprint density at radius 2 is 2.15 bits per heavy atom. The highest BCUT2D eigenvalue weighted by molar-refractivity contribution is 5.81. The molecule has 0 aliphatic carbocycles. The molecule has 2 aromatic rings. The zero-order valence-corrected chi connectivity index (χ0v) is 11.2. The van der Waals surface area contributed by atoms with Crippen LogP contribution in [-0.4, -0.2) is 22.2 Å². The minimum atomic E-state index is -0.649. The minimum Gasteiger partial charge on any atom is -0.508 e. The van der Waals surface area contributed by atoms with Gasteiger partial charge >= 0.3 is 0 Å². The number of aromatic hydroxyl groups is 1. The number of aromatic nitrogens is 1. The van der Waals surface area contributed by atoms with Crippen molar-refractivity contribution >= 4 is 5.91 Å². The van der Waals surface area contributed by atoms with Crippen LogP contribution in [0.5, 0.6) is 5.75 Å². The summed E-state index contributed by atoms with van der Waals surface area (Å²) in [5, 5.41) is 15.6. The molecule has 0 radical (unpaired) electrons. The third kappa shape index (κ3) is 3.83. The third-order valence-corrected chi connectivity index (χ3v) is 2.84. The molecule has 4 N–H and O–H groups in total. The van der Waals surface area contributed by atoms with E-state index in [1.54, 1.807) is 30.3 Å². The van der Waals surface area contributed by atoms with E-state index in [9.17, 15) is 9.90 Å². The molecule has 1 heterocycles. The lowest BCUT2D eigenvalue weighted by Crippen LogP contribution is -2.41. The summed E-state index contributed by atoms with van der Waals surface area (Å²) < 4.78 is 4.99. The van der Waals surface area contributed by atoms with Gasteiger partial charge in [0.25, 0.3) is 0 Å². The van der Waals surface area contributed by atoms with Gasteiger partial charge in [-0.2, -0.15) is 0 Å². The first-order valence-corrected chi connectivity index (χ1v) is 6.28. The monoisotopic (exact) mass is 275 g/mol. The van der Waals surface area contributed by atoms with Gasteiger partial charge in [0.15, 0.2) is 5.76 Å². The summed E-state index contributed by atoms with van der Waals surface area (Å²) >= 11 is 0. The minimum absolute atomic E-state index is 0.187. The fraction of sp³-hybridized carbons (Fsp3) is 0.286. The van der Waals surface area contributed by atoms with Gasteiger partial charge in [-0.1, -0.05) is 17.3 Å². The van der Waals surface area contributed by atoms with Gasteiger partial charge in [-0.15, -0.1) is 0 Å². The molecule has 0 fully saturated rings. The summed E-state index contributed by atoms with van der Waals surface area (Å²) in [6.07, 6.45) is 0.404. The van der Waals surface area contributed by atoms with Gasteiger partial charge in [0.2, 0.25) is 5.91 Å². The van der Waals surface area contributed by atoms with E-state index in [1.807, 2.05) is 6.92 Å². The lowest BCUT2D eigenvalue weighted by molar-refractivity contribution is -0.122. The molecule has 106 valence electrons. The van der Waals surface area contributed by atoms with Crippen LogP contribution in [0, 0.1) is 6.92 Å². The molecular formula is C14H17N3O3. The Balaban J connectivity index is 1.84. The molecule has 0 saturated carbocycles. The highest BCUT2D eigenvalue weighted by atomic mass is 16.5. The maximum atomic E-state index is 11.8. The van der Waals surface area contributed by atoms with Crippen LogP contribution in [0.4, 0.5) is 0 Å². The van der Waals surface area contributed by atoms with E-state index >= 15 is 0 Å².